The maximum Gasteiger partial charge on any atom is 1.00 e. The first-order valence-corrected chi connectivity index (χ1v) is 12.0. The molecular formula is C8H19GeNaO2P+. The van der Waals surface area contributed by atoms with Crippen molar-refractivity contribution in [2.75, 3.05) is 6.16 Å². The summed E-state index contributed by atoms with van der Waals surface area (Å²) >= 11 is -1.67. The minimum Gasteiger partial charge on any atom is 1.00 e. The minimum atomic E-state index is -2.14. The van der Waals surface area contributed by atoms with Crippen LogP contribution in [0.1, 0.15) is 20.8 Å². The van der Waals surface area contributed by atoms with E-state index in [9.17, 15) is 9.46 Å². The van der Waals surface area contributed by atoms with Crippen molar-refractivity contribution in [2.24, 2.45) is 0 Å². The average molecular weight is 274 g/mol. The zero-order valence-electron chi connectivity index (χ0n) is 9.30. The second-order valence-electron chi connectivity index (χ2n) is 3.37. The number of hydrogen-bond acceptors (Lipinski definition) is 2. The Morgan fingerprint density at radius 2 is 1.54 bits per heavy atom. The molecule has 0 saturated carbocycles. The van der Waals surface area contributed by atoms with E-state index in [0.29, 0.717) is 6.16 Å². The van der Waals surface area contributed by atoms with E-state index in [1.165, 1.54) is 15.8 Å². The number of hydrogen-bond donors (Lipinski definition) is 0. The molecule has 0 aromatic heterocycles. The van der Waals surface area contributed by atoms with Crippen LogP contribution in [0.4, 0.5) is 0 Å². The second kappa shape index (κ2) is 8.87. The van der Waals surface area contributed by atoms with Crippen molar-refractivity contribution < 1.29 is 39.0 Å². The Kier molecular flexibility index (Phi) is 11.6. The van der Waals surface area contributed by atoms with Crippen LogP contribution in [0.5, 0.6) is 0 Å². The normalized spacial score (nSPS) is 12.2. The van der Waals surface area contributed by atoms with Gasteiger partial charge in [0.25, 0.3) is 0 Å². The summed E-state index contributed by atoms with van der Waals surface area (Å²) in [6.45, 7) is 6.68. The maximum atomic E-state index is 10.5. The van der Waals surface area contributed by atoms with E-state index in [4.69, 9.17) is 0 Å². The molecule has 0 fully saturated rings. The maximum absolute atomic E-state index is 10.5. The van der Waals surface area contributed by atoms with Gasteiger partial charge in [0.1, 0.15) is 0 Å². The van der Waals surface area contributed by atoms with Crippen LogP contribution < -0.4 is 34.5 Å². The van der Waals surface area contributed by atoms with E-state index in [0.717, 1.165) is 5.25 Å². The molecule has 1 unspecified atom stereocenters. The van der Waals surface area contributed by atoms with Crippen LogP contribution in [0.25, 0.3) is 0 Å². The van der Waals surface area contributed by atoms with Crippen molar-refractivity contribution in [2.45, 2.75) is 41.8 Å². The van der Waals surface area contributed by atoms with E-state index in [-0.39, 0.29) is 29.6 Å². The topological polar surface area (TPSA) is 40.1 Å². The van der Waals surface area contributed by atoms with Crippen LogP contribution in [0.3, 0.4) is 0 Å². The molecule has 13 heavy (non-hydrogen) atoms. The van der Waals surface area contributed by atoms with Crippen molar-refractivity contribution in [3.05, 3.63) is 0 Å². The van der Waals surface area contributed by atoms with Crippen LogP contribution in [-0.4, -0.2) is 19.4 Å². The summed E-state index contributed by atoms with van der Waals surface area (Å²) in [5.74, 6) is 0. The van der Waals surface area contributed by atoms with E-state index in [2.05, 4.69) is 20.8 Å². The van der Waals surface area contributed by atoms with Crippen molar-refractivity contribution >= 4 is 21.3 Å². The van der Waals surface area contributed by atoms with Gasteiger partial charge in [-0.15, -0.1) is 0 Å². The third-order valence-corrected chi connectivity index (χ3v) is 16.7. The Balaban J connectivity index is 0. The quantitative estimate of drug-likeness (QED) is 0.488. The molecule has 1 atom stereocenters. The molecule has 0 rings (SSSR count). The number of rotatable bonds is 6. The van der Waals surface area contributed by atoms with Crippen LogP contribution in [-0.2, 0) is 4.57 Å². The monoisotopic (exact) mass is 275 g/mol. The predicted octanol–water partition coefficient (Wildman–Crippen LogP) is -0.398. The van der Waals surface area contributed by atoms with E-state index in [1.807, 2.05) is 0 Å². The van der Waals surface area contributed by atoms with E-state index < -0.39 is 21.3 Å². The average Bonchev–Trinajstić information content (AvgIpc) is 2.08. The van der Waals surface area contributed by atoms with Crippen molar-refractivity contribution in [1.29, 1.82) is 0 Å². The van der Waals surface area contributed by atoms with Crippen LogP contribution in [0.15, 0.2) is 0 Å². The first-order chi connectivity index (χ1) is 5.60. The Hall–Kier alpha value is 1.60. The Labute approximate surface area is 107 Å². The van der Waals surface area contributed by atoms with E-state index in [1.54, 1.807) is 0 Å². The van der Waals surface area contributed by atoms with Gasteiger partial charge in [-0.25, -0.2) is 0 Å². The molecule has 0 aliphatic rings. The van der Waals surface area contributed by atoms with Gasteiger partial charge in [-0.05, 0) is 0 Å². The van der Waals surface area contributed by atoms with E-state index >= 15 is 0 Å². The molecule has 2 nitrogen and oxygen atoms in total. The molecule has 0 aliphatic carbocycles. The summed E-state index contributed by atoms with van der Waals surface area (Å²) in [6, 6.07) is 0. The Morgan fingerprint density at radius 3 is 1.77 bits per heavy atom. The molecule has 5 heteroatoms. The SMILES string of the molecule is C[CH2][Ge]([CH2]C)([CH2]C)[CH2]C[P+](=O)[O-].[Na+]. The third-order valence-electron chi connectivity index (χ3n) is 3.07. The van der Waals surface area contributed by atoms with Gasteiger partial charge < -0.3 is 0 Å². The molecule has 0 spiro atoms. The summed E-state index contributed by atoms with van der Waals surface area (Å²) in [6.07, 6.45) is 0.435. The first-order valence-electron chi connectivity index (χ1n) is 4.72. The Morgan fingerprint density at radius 1 is 1.15 bits per heavy atom. The van der Waals surface area contributed by atoms with Gasteiger partial charge in [0.05, 0.1) is 0 Å². The molecule has 0 bridgehead atoms. The first kappa shape index (κ1) is 17.0. The summed E-state index contributed by atoms with van der Waals surface area (Å²) in [5, 5.41) is 4.84. The largest absolute Gasteiger partial charge is 1.00 e. The molecule has 0 radical (unpaired) electrons. The van der Waals surface area contributed by atoms with Gasteiger partial charge in [-0.3, -0.25) is 0 Å². The van der Waals surface area contributed by atoms with Crippen LogP contribution in [0, 0.1) is 0 Å². The van der Waals surface area contributed by atoms with Gasteiger partial charge in [-0.2, -0.15) is 0 Å². The van der Waals surface area contributed by atoms with Crippen molar-refractivity contribution in [1.82, 2.24) is 0 Å². The third kappa shape index (κ3) is 6.64. The smallest absolute Gasteiger partial charge is 1.00 e. The summed E-state index contributed by atoms with van der Waals surface area (Å²) in [7, 11) is -2.14. The summed E-state index contributed by atoms with van der Waals surface area (Å²) in [5.41, 5.74) is 0. The zero-order valence-corrected chi connectivity index (χ0v) is 14.3. The standard InChI is InChI=1S/C8H19GeO2P.Na/c1-4-9(5-2,6-3)7-8-12(10)11;/h4-8H2,1-3H3;/q;+1. The van der Waals surface area contributed by atoms with Crippen LogP contribution in [0.2, 0.25) is 21.0 Å². The fraction of sp³-hybridized carbons (Fsp3) is 1.00. The summed E-state index contributed by atoms with van der Waals surface area (Å²) < 4.78 is 10.5. The second-order valence-corrected chi connectivity index (χ2v) is 16.3. The molecule has 0 heterocycles. The molecular weight excluding hydrogens is 255 g/mol. The summed E-state index contributed by atoms with van der Waals surface area (Å²) in [4.78, 5) is 10.5. The molecule has 0 aromatic carbocycles. The fourth-order valence-electron chi connectivity index (χ4n) is 1.61. The van der Waals surface area contributed by atoms with Gasteiger partial charge in [0, 0.05) is 0 Å². The predicted molar refractivity (Wildman–Crippen MR) is 54.5 cm³/mol. The zero-order chi connectivity index (χ0) is 9.61. The van der Waals surface area contributed by atoms with Gasteiger partial charge >= 0.3 is 108 Å². The van der Waals surface area contributed by atoms with Crippen molar-refractivity contribution in [3.63, 3.8) is 0 Å². The molecule has 0 N–H and O–H groups in total. The molecule has 0 aromatic rings. The molecule has 0 amide bonds. The fourth-order valence-corrected chi connectivity index (χ4v) is 11.8. The molecule has 0 aliphatic heterocycles. The Bertz CT molecular complexity index is 143. The minimum absolute atomic E-state index is 0. The van der Waals surface area contributed by atoms with Gasteiger partial charge in [0.15, 0.2) is 0 Å². The molecule has 0 saturated heterocycles. The van der Waals surface area contributed by atoms with Crippen molar-refractivity contribution in [3.8, 4) is 0 Å². The van der Waals surface area contributed by atoms with Gasteiger partial charge in [0.2, 0.25) is 0 Å². The van der Waals surface area contributed by atoms with Crippen LogP contribution >= 0.6 is 8.03 Å². The molecule has 72 valence electrons. The van der Waals surface area contributed by atoms with Gasteiger partial charge in [-0.1, -0.05) is 0 Å².